The molecular formula is C21H24B2O4. The van der Waals surface area contributed by atoms with Crippen LogP contribution in [0.25, 0.3) is 11.1 Å². The van der Waals surface area contributed by atoms with Gasteiger partial charge in [0.2, 0.25) is 0 Å². The molecule has 0 amide bonds. The Kier molecular flexibility index (Phi) is 5.45. The van der Waals surface area contributed by atoms with Crippen molar-refractivity contribution in [2.75, 3.05) is 14.2 Å². The van der Waals surface area contributed by atoms with Crippen molar-refractivity contribution in [3.8, 4) is 11.1 Å². The molecular weight excluding hydrogens is 338 g/mol. The van der Waals surface area contributed by atoms with Crippen molar-refractivity contribution < 1.29 is 19.1 Å². The number of carbonyl (C=O) groups excluding carboxylic acids is 2. The summed E-state index contributed by atoms with van der Waals surface area (Å²) in [5.41, 5.74) is 6.69. The summed E-state index contributed by atoms with van der Waals surface area (Å²) >= 11 is 0. The third-order valence-corrected chi connectivity index (χ3v) is 5.64. The molecule has 2 aromatic rings. The maximum Gasteiger partial charge on any atom is 0.305 e. The quantitative estimate of drug-likeness (QED) is 0.551. The van der Waals surface area contributed by atoms with Crippen LogP contribution in [0, 0.1) is 0 Å². The molecule has 2 aromatic carbocycles. The molecule has 0 saturated heterocycles. The zero-order chi connectivity index (χ0) is 19.6. The maximum absolute atomic E-state index is 11.9. The third-order valence-electron chi connectivity index (χ3n) is 5.64. The molecule has 4 nitrogen and oxygen atoms in total. The standard InChI is InChI=1S/C21H24B2O4/c1-26-19(24)7-9-21(10-8-20(25)27-2)17-11-13(22)3-5-15(17)16-6-4-14(23)12-18(16)21/h3-6,11-12H,7-10,22-23H2,1-2H3. The molecule has 0 unspecified atom stereocenters. The van der Waals surface area contributed by atoms with Gasteiger partial charge in [-0.1, -0.05) is 47.3 Å². The zero-order valence-corrected chi connectivity index (χ0v) is 16.4. The van der Waals surface area contributed by atoms with Gasteiger partial charge in [-0.3, -0.25) is 9.59 Å². The van der Waals surface area contributed by atoms with E-state index in [9.17, 15) is 9.59 Å². The highest BCUT2D eigenvalue weighted by Gasteiger charge is 2.43. The van der Waals surface area contributed by atoms with Gasteiger partial charge in [0.15, 0.2) is 0 Å². The maximum atomic E-state index is 11.9. The van der Waals surface area contributed by atoms with Crippen molar-refractivity contribution in [2.45, 2.75) is 31.1 Å². The van der Waals surface area contributed by atoms with Crippen molar-refractivity contribution in [3.63, 3.8) is 0 Å². The molecule has 0 fully saturated rings. The highest BCUT2D eigenvalue weighted by Crippen LogP contribution is 2.53. The zero-order valence-electron chi connectivity index (χ0n) is 16.4. The summed E-state index contributed by atoms with van der Waals surface area (Å²) in [5.74, 6) is -0.467. The average Bonchev–Trinajstić information content (AvgIpc) is 2.93. The Hall–Kier alpha value is -2.49. The van der Waals surface area contributed by atoms with Crippen molar-refractivity contribution in [1.29, 1.82) is 0 Å². The van der Waals surface area contributed by atoms with Gasteiger partial charge in [0.25, 0.3) is 0 Å². The first-order chi connectivity index (χ1) is 12.9. The number of benzene rings is 2. The Morgan fingerprint density at radius 1 is 0.815 bits per heavy atom. The number of fused-ring (bicyclic) bond motifs is 3. The van der Waals surface area contributed by atoms with E-state index in [1.165, 1.54) is 47.4 Å². The number of rotatable bonds is 6. The predicted octanol–water partition coefficient (Wildman–Crippen LogP) is 0.376. The topological polar surface area (TPSA) is 52.6 Å². The van der Waals surface area contributed by atoms with E-state index in [0.29, 0.717) is 25.7 Å². The Labute approximate surface area is 162 Å². The highest BCUT2D eigenvalue weighted by atomic mass is 16.5. The number of carbonyl (C=O) groups is 2. The number of hydrogen-bond acceptors (Lipinski definition) is 4. The van der Waals surface area contributed by atoms with E-state index in [-0.39, 0.29) is 11.9 Å². The lowest BCUT2D eigenvalue weighted by molar-refractivity contribution is -0.141. The van der Waals surface area contributed by atoms with E-state index in [1.54, 1.807) is 0 Å². The normalized spacial score (nSPS) is 13.6. The van der Waals surface area contributed by atoms with Gasteiger partial charge in [0.05, 0.1) is 14.2 Å². The van der Waals surface area contributed by atoms with E-state index in [4.69, 9.17) is 9.47 Å². The molecule has 6 heteroatoms. The summed E-state index contributed by atoms with van der Waals surface area (Å²) < 4.78 is 9.79. The Morgan fingerprint density at radius 3 is 1.59 bits per heavy atom. The van der Waals surface area contributed by atoms with Crippen LogP contribution in [0.15, 0.2) is 36.4 Å². The first-order valence-corrected chi connectivity index (χ1v) is 9.27. The van der Waals surface area contributed by atoms with Crippen LogP contribution in [-0.4, -0.2) is 41.9 Å². The summed E-state index contributed by atoms with van der Waals surface area (Å²) in [7, 11) is 6.96. The van der Waals surface area contributed by atoms with Crippen LogP contribution in [0.2, 0.25) is 0 Å². The summed E-state index contributed by atoms with van der Waals surface area (Å²) in [5, 5.41) is 0. The van der Waals surface area contributed by atoms with Crippen LogP contribution in [0.4, 0.5) is 0 Å². The molecule has 0 saturated carbocycles. The lowest BCUT2D eigenvalue weighted by atomic mass is 9.69. The molecule has 0 aromatic heterocycles. The molecule has 1 aliphatic carbocycles. The average molecular weight is 362 g/mol. The second-order valence-corrected chi connectivity index (χ2v) is 7.33. The lowest BCUT2D eigenvalue weighted by Crippen LogP contribution is -2.29. The molecule has 0 heterocycles. The van der Waals surface area contributed by atoms with Gasteiger partial charge < -0.3 is 9.47 Å². The van der Waals surface area contributed by atoms with E-state index >= 15 is 0 Å². The Bertz CT molecular complexity index is 818. The fraction of sp³-hybridized carbons (Fsp3) is 0.333. The van der Waals surface area contributed by atoms with Gasteiger partial charge in [-0.25, -0.2) is 0 Å². The minimum Gasteiger partial charge on any atom is -0.469 e. The van der Waals surface area contributed by atoms with E-state index in [0.717, 1.165) is 0 Å². The number of hydrogen-bond donors (Lipinski definition) is 0. The van der Waals surface area contributed by atoms with Crippen LogP contribution < -0.4 is 10.9 Å². The number of esters is 2. The summed E-state index contributed by atoms with van der Waals surface area (Å²) in [4.78, 5) is 23.9. The molecule has 0 spiro atoms. The highest BCUT2D eigenvalue weighted by molar-refractivity contribution is 6.33. The van der Waals surface area contributed by atoms with Gasteiger partial charge in [-0.15, -0.1) is 0 Å². The van der Waals surface area contributed by atoms with E-state index in [1.807, 2.05) is 0 Å². The number of methoxy groups -OCH3 is 2. The van der Waals surface area contributed by atoms with Crippen LogP contribution >= 0.6 is 0 Å². The molecule has 0 N–H and O–H groups in total. The monoisotopic (exact) mass is 362 g/mol. The minimum atomic E-state index is -0.398. The van der Waals surface area contributed by atoms with Crippen molar-refractivity contribution >= 4 is 38.6 Å². The molecule has 1 aliphatic rings. The fourth-order valence-electron chi connectivity index (χ4n) is 4.22. The second-order valence-electron chi connectivity index (χ2n) is 7.33. The summed E-state index contributed by atoms with van der Waals surface area (Å²) in [6.07, 6.45) is 1.81. The van der Waals surface area contributed by atoms with Gasteiger partial charge in [0.1, 0.15) is 15.7 Å². The molecule has 0 bridgehead atoms. The molecule has 27 heavy (non-hydrogen) atoms. The number of ether oxygens (including phenoxy) is 2. The minimum absolute atomic E-state index is 0.234. The van der Waals surface area contributed by atoms with Crippen LogP contribution in [0.1, 0.15) is 36.8 Å². The summed E-state index contributed by atoms with van der Waals surface area (Å²) in [6.45, 7) is 0. The lowest BCUT2D eigenvalue weighted by Gasteiger charge is -2.32. The Balaban J connectivity index is 2.17. The first kappa shape index (κ1) is 19.3. The van der Waals surface area contributed by atoms with Crippen molar-refractivity contribution in [1.82, 2.24) is 0 Å². The van der Waals surface area contributed by atoms with Crippen molar-refractivity contribution in [2.24, 2.45) is 0 Å². The molecule has 0 radical (unpaired) electrons. The largest absolute Gasteiger partial charge is 0.469 e. The smallest absolute Gasteiger partial charge is 0.305 e. The van der Waals surface area contributed by atoms with Crippen molar-refractivity contribution in [3.05, 3.63) is 47.5 Å². The van der Waals surface area contributed by atoms with Crippen LogP contribution in [-0.2, 0) is 24.5 Å². The summed E-state index contributed by atoms with van der Waals surface area (Å²) in [6, 6.07) is 12.9. The van der Waals surface area contributed by atoms with E-state index in [2.05, 4.69) is 52.1 Å². The third kappa shape index (κ3) is 3.53. The second kappa shape index (κ2) is 7.63. The molecule has 0 aliphatic heterocycles. The van der Waals surface area contributed by atoms with Crippen LogP contribution in [0.3, 0.4) is 0 Å². The van der Waals surface area contributed by atoms with Gasteiger partial charge in [-0.05, 0) is 35.1 Å². The van der Waals surface area contributed by atoms with Gasteiger partial charge in [0, 0.05) is 18.3 Å². The Morgan fingerprint density at radius 2 is 1.22 bits per heavy atom. The molecule has 138 valence electrons. The molecule has 0 atom stereocenters. The molecule has 3 rings (SSSR count). The first-order valence-electron chi connectivity index (χ1n) is 9.27. The van der Waals surface area contributed by atoms with Gasteiger partial charge >= 0.3 is 11.9 Å². The SMILES string of the molecule is Bc1ccc2c(c1)C(CCC(=O)OC)(CCC(=O)OC)c1cc(B)ccc1-2. The van der Waals surface area contributed by atoms with Crippen LogP contribution in [0.5, 0.6) is 0 Å². The predicted molar refractivity (Wildman–Crippen MR) is 112 cm³/mol. The van der Waals surface area contributed by atoms with Gasteiger partial charge in [-0.2, -0.15) is 0 Å². The fourth-order valence-corrected chi connectivity index (χ4v) is 4.22. The van der Waals surface area contributed by atoms with E-state index < -0.39 is 5.41 Å².